The second-order valence-electron chi connectivity index (χ2n) is 4.34. The first-order chi connectivity index (χ1) is 8.45. The fourth-order valence-electron chi connectivity index (χ4n) is 1.48. The minimum Gasteiger partial charge on any atom is -0.467 e. The van der Waals surface area contributed by atoms with Gasteiger partial charge in [-0.15, -0.1) is 0 Å². The number of methoxy groups -OCH3 is 1. The molecule has 0 fully saturated rings. The topological polar surface area (TPSA) is 81.4 Å². The van der Waals surface area contributed by atoms with Gasteiger partial charge in [0.05, 0.1) is 7.11 Å². The predicted molar refractivity (Wildman–Crippen MR) is 69.0 cm³/mol. The molecular formula is C13H18N2O3. The van der Waals surface area contributed by atoms with Crippen molar-refractivity contribution < 1.29 is 14.3 Å². The summed E-state index contributed by atoms with van der Waals surface area (Å²) in [5.41, 5.74) is 6.58. The normalized spacial score (nSPS) is 12.0. The van der Waals surface area contributed by atoms with Crippen LogP contribution in [0.4, 0.5) is 5.69 Å². The molecule has 0 saturated carbocycles. The van der Waals surface area contributed by atoms with Gasteiger partial charge in [0, 0.05) is 11.3 Å². The van der Waals surface area contributed by atoms with E-state index in [2.05, 4.69) is 10.1 Å². The molecule has 3 N–H and O–H groups in total. The molecule has 0 spiro atoms. The van der Waals surface area contributed by atoms with Crippen LogP contribution in [0.2, 0.25) is 0 Å². The summed E-state index contributed by atoms with van der Waals surface area (Å²) in [5.74, 6) is -0.817. The van der Waals surface area contributed by atoms with Crippen LogP contribution in [0.15, 0.2) is 24.3 Å². The average molecular weight is 250 g/mol. The SMILES string of the molecule is COC(=O)[C@H](NC(=O)c1ccc(N)cc1)C(C)C. The van der Waals surface area contributed by atoms with Gasteiger partial charge in [-0.1, -0.05) is 13.8 Å². The number of esters is 1. The Hall–Kier alpha value is -2.04. The molecule has 1 amide bonds. The molecule has 98 valence electrons. The van der Waals surface area contributed by atoms with E-state index in [-0.39, 0.29) is 11.8 Å². The highest BCUT2D eigenvalue weighted by Gasteiger charge is 2.25. The summed E-state index contributed by atoms with van der Waals surface area (Å²) in [4.78, 5) is 23.4. The van der Waals surface area contributed by atoms with Gasteiger partial charge in [0.2, 0.25) is 0 Å². The Labute approximate surface area is 106 Å². The van der Waals surface area contributed by atoms with Crippen LogP contribution in [0.1, 0.15) is 24.2 Å². The smallest absolute Gasteiger partial charge is 0.328 e. The van der Waals surface area contributed by atoms with Gasteiger partial charge in [-0.05, 0) is 30.2 Å². The van der Waals surface area contributed by atoms with Gasteiger partial charge in [-0.3, -0.25) is 4.79 Å². The zero-order chi connectivity index (χ0) is 13.7. The number of hydrogen-bond acceptors (Lipinski definition) is 4. The lowest BCUT2D eigenvalue weighted by molar-refractivity contribution is -0.144. The molecule has 0 bridgehead atoms. The van der Waals surface area contributed by atoms with E-state index in [1.807, 2.05) is 13.8 Å². The van der Waals surface area contributed by atoms with Crippen LogP contribution >= 0.6 is 0 Å². The summed E-state index contributed by atoms with van der Waals surface area (Å²) in [6, 6.07) is 5.84. The number of carbonyl (C=O) groups is 2. The lowest BCUT2D eigenvalue weighted by atomic mass is 10.0. The Balaban J connectivity index is 2.78. The third-order valence-corrected chi connectivity index (χ3v) is 2.58. The van der Waals surface area contributed by atoms with E-state index in [0.29, 0.717) is 11.3 Å². The van der Waals surface area contributed by atoms with E-state index < -0.39 is 12.0 Å². The first-order valence-corrected chi connectivity index (χ1v) is 5.70. The second-order valence-corrected chi connectivity index (χ2v) is 4.34. The number of carbonyl (C=O) groups excluding carboxylic acids is 2. The standard InChI is InChI=1S/C13H18N2O3/c1-8(2)11(13(17)18-3)15-12(16)9-4-6-10(14)7-5-9/h4-8,11H,14H2,1-3H3,(H,15,16)/t11-/m1/s1. The van der Waals surface area contributed by atoms with Crippen LogP contribution < -0.4 is 11.1 Å². The second kappa shape index (κ2) is 6.05. The van der Waals surface area contributed by atoms with Crippen LogP contribution in [-0.4, -0.2) is 25.0 Å². The molecule has 1 atom stereocenters. The van der Waals surface area contributed by atoms with E-state index in [9.17, 15) is 9.59 Å². The zero-order valence-corrected chi connectivity index (χ0v) is 10.8. The maximum Gasteiger partial charge on any atom is 0.328 e. The van der Waals surface area contributed by atoms with Crippen LogP contribution in [-0.2, 0) is 9.53 Å². The number of benzene rings is 1. The van der Waals surface area contributed by atoms with Crippen LogP contribution in [0.3, 0.4) is 0 Å². The van der Waals surface area contributed by atoms with E-state index >= 15 is 0 Å². The third-order valence-electron chi connectivity index (χ3n) is 2.58. The lowest BCUT2D eigenvalue weighted by Gasteiger charge is -2.19. The van der Waals surface area contributed by atoms with Crippen molar-refractivity contribution in [3.63, 3.8) is 0 Å². The van der Waals surface area contributed by atoms with Crippen molar-refractivity contribution in [3.8, 4) is 0 Å². The molecule has 0 radical (unpaired) electrons. The number of rotatable bonds is 4. The van der Waals surface area contributed by atoms with E-state index in [1.54, 1.807) is 24.3 Å². The van der Waals surface area contributed by atoms with E-state index in [4.69, 9.17) is 5.73 Å². The average Bonchev–Trinajstić information content (AvgIpc) is 2.35. The minimum absolute atomic E-state index is 0.0461. The highest BCUT2D eigenvalue weighted by atomic mass is 16.5. The molecule has 1 rings (SSSR count). The molecule has 0 unspecified atom stereocenters. The number of amides is 1. The summed E-state index contributed by atoms with van der Waals surface area (Å²) in [7, 11) is 1.30. The van der Waals surface area contributed by atoms with Crippen molar-refractivity contribution in [2.45, 2.75) is 19.9 Å². The Morgan fingerprint density at radius 3 is 2.22 bits per heavy atom. The highest BCUT2D eigenvalue weighted by molar-refractivity contribution is 5.97. The molecule has 1 aromatic carbocycles. The molecule has 0 aromatic heterocycles. The van der Waals surface area contributed by atoms with Crippen molar-refractivity contribution in [2.75, 3.05) is 12.8 Å². The minimum atomic E-state index is -0.653. The van der Waals surface area contributed by atoms with Crippen LogP contribution in [0, 0.1) is 5.92 Å². The van der Waals surface area contributed by atoms with Gasteiger partial charge < -0.3 is 15.8 Å². The maximum absolute atomic E-state index is 11.9. The molecule has 5 heteroatoms. The number of nitrogen functional groups attached to an aromatic ring is 1. The Morgan fingerprint density at radius 1 is 1.22 bits per heavy atom. The molecule has 1 aromatic rings. The number of hydrogen-bond donors (Lipinski definition) is 2. The monoisotopic (exact) mass is 250 g/mol. The van der Waals surface area contributed by atoms with E-state index in [1.165, 1.54) is 7.11 Å². The third kappa shape index (κ3) is 3.48. The predicted octanol–water partition coefficient (Wildman–Crippen LogP) is 1.20. The number of nitrogens with two attached hydrogens (primary N) is 1. The van der Waals surface area contributed by atoms with Crippen molar-refractivity contribution in [1.82, 2.24) is 5.32 Å². The summed E-state index contributed by atoms with van der Waals surface area (Å²) < 4.78 is 4.66. The molecule has 0 saturated heterocycles. The van der Waals surface area contributed by atoms with Gasteiger partial charge in [0.25, 0.3) is 5.91 Å². The van der Waals surface area contributed by atoms with Crippen molar-refractivity contribution in [1.29, 1.82) is 0 Å². The summed E-state index contributed by atoms with van der Waals surface area (Å²) in [5, 5.41) is 2.65. The van der Waals surface area contributed by atoms with Gasteiger partial charge in [0.15, 0.2) is 0 Å². The van der Waals surface area contributed by atoms with Crippen LogP contribution in [0.25, 0.3) is 0 Å². The molecule has 0 heterocycles. The number of anilines is 1. The molecule has 18 heavy (non-hydrogen) atoms. The Kier molecular flexibility index (Phi) is 4.71. The van der Waals surface area contributed by atoms with Crippen LogP contribution in [0.5, 0.6) is 0 Å². The lowest BCUT2D eigenvalue weighted by Crippen LogP contribution is -2.45. The first kappa shape index (κ1) is 14.0. The quantitative estimate of drug-likeness (QED) is 0.621. The van der Waals surface area contributed by atoms with Gasteiger partial charge >= 0.3 is 5.97 Å². The molecule has 5 nitrogen and oxygen atoms in total. The van der Waals surface area contributed by atoms with Crippen molar-refractivity contribution in [3.05, 3.63) is 29.8 Å². The molecule has 0 aliphatic carbocycles. The Morgan fingerprint density at radius 2 is 1.78 bits per heavy atom. The van der Waals surface area contributed by atoms with Gasteiger partial charge in [-0.25, -0.2) is 4.79 Å². The Bertz CT molecular complexity index is 426. The summed E-state index contributed by atoms with van der Waals surface area (Å²) >= 11 is 0. The van der Waals surface area contributed by atoms with Crippen molar-refractivity contribution in [2.24, 2.45) is 5.92 Å². The van der Waals surface area contributed by atoms with Gasteiger partial charge in [-0.2, -0.15) is 0 Å². The fourth-order valence-corrected chi connectivity index (χ4v) is 1.48. The summed E-state index contributed by atoms with van der Waals surface area (Å²) in [6.07, 6.45) is 0. The zero-order valence-electron chi connectivity index (χ0n) is 10.8. The first-order valence-electron chi connectivity index (χ1n) is 5.70. The van der Waals surface area contributed by atoms with Gasteiger partial charge in [0.1, 0.15) is 6.04 Å². The maximum atomic E-state index is 11.9. The molecule has 0 aliphatic rings. The largest absolute Gasteiger partial charge is 0.467 e. The van der Waals surface area contributed by atoms with Crippen molar-refractivity contribution >= 4 is 17.6 Å². The highest BCUT2D eigenvalue weighted by Crippen LogP contribution is 2.08. The number of nitrogens with one attached hydrogen (secondary N) is 1. The van der Waals surface area contributed by atoms with E-state index in [0.717, 1.165) is 0 Å². The summed E-state index contributed by atoms with van der Waals surface area (Å²) in [6.45, 7) is 3.68. The fraction of sp³-hybridized carbons (Fsp3) is 0.385. The molecular weight excluding hydrogens is 232 g/mol. The number of ether oxygens (including phenoxy) is 1. The molecule has 0 aliphatic heterocycles.